The summed E-state index contributed by atoms with van der Waals surface area (Å²) in [5.74, 6) is -10.9. The molecule has 10 heteroatoms. The van der Waals surface area contributed by atoms with Crippen LogP contribution in [0.3, 0.4) is 0 Å². The lowest BCUT2D eigenvalue weighted by molar-refractivity contribution is -0.0794. The fraction of sp³-hybridized carbons (Fsp3) is 0.857. The van der Waals surface area contributed by atoms with Crippen LogP contribution < -0.4 is 0 Å². The molecule has 0 rings (SSSR count). The van der Waals surface area contributed by atoms with Gasteiger partial charge in [-0.25, -0.2) is 4.90 Å². The second-order valence-electron chi connectivity index (χ2n) is 2.79. The zero-order valence-electron chi connectivity index (χ0n) is 8.90. The number of hydrogen-bond donors (Lipinski definition) is 0. The molecule has 0 aliphatic heterocycles. The first-order valence-corrected chi connectivity index (χ1v) is 7.41. The normalized spacial score (nSPS) is 14.9. The van der Waals surface area contributed by atoms with Gasteiger partial charge in [-0.1, -0.05) is 13.8 Å². The molecule has 0 bridgehead atoms. The highest BCUT2D eigenvalue weighted by Gasteiger charge is 2.56. The summed E-state index contributed by atoms with van der Waals surface area (Å²) in [6.45, 7) is 2.94. The van der Waals surface area contributed by atoms with Crippen molar-refractivity contribution in [2.45, 2.75) is 25.7 Å². The van der Waals surface area contributed by atoms with Crippen molar-refractivity contribution in [2.24, 2.45) is 0 Å². The lowest BCUT2D eigenvalue weighted by Gasteiger charge is -2.21. The molecule has 0 aromatic rings. The van der Waals surface area contributed by atoms with Crippen LogP contribution in [0.1, 0.15) is 13.8 Å². The SMILES string of the molecule is CCN(CC)C(F)=PP(C(F)(F)F)C(F)(F)F. The summed E-state index contributed by atoms with van der Waals surface area (Å²) >= 11 is 0. The average Bonchev–Trinajstić information content (AvgIpc) is 2.12. The second kappa shape index (κ2) is 6.30. The van der Waals surface area contributed by atoms with Crippen LogP contribution >= 0.6 is 15.5 Å². The number of rotatable bonds is 4. The monoisotopic (exact) mass is 303 g/mol. The molecular weight excluding hydrogens is 293 g/mol. The van der Waals surface area contributed by atoms with Gasteiger partial charge in [-0.2, -0.15) is 30.7 Å². The van der Waals surface area contributed by atoms with E-state index in [-0.39, 0.29) is 13.1 Å². The highest BCUT2D eigenvalue weighted by Crippen LogP contribution is 2.72. The third kappa shape index (κ3) is 5.49. The summed E-state index contributed by atoms with van der Waals surface area (Å²) < 4.78 is 86.1. The van der Waals surface area contributed by atoms with Crippen LogP contribution in [-0.4, -0.2) is 35.5 Å². The third-order valence-corrected chi connectivity index (χ3v) is 5.75. The van der Waals surface area contributed by atoms with Crippen molar-refractivity contribution in [1.82, 2.24) is 4.90 Å². The predicted molar refractivity (Wildman–Crippen MR) is 55.0 cm³/mol. The Labute approximate surface area is 96.4 Å². The summed E-state index contributed by atoms with van der Waals surface area (Å²) in [7, 11) is -5.76. The molecule has 0 N–H and O–H groups in total. The lowest BCUT2D eigenvalue weighted by atomic mass is 10.6. The van der Waals surface area contributed by atoms with Gasteiger partial charge in [0.25, 0.3) is 0 Å². The molecule has 0 aliphatic carbocycles. The van der Waals surface area contributed by atoms with Gasteiger partial charge in [0.1, 0.15) is 0 Å². The standard InChI is InChI=1S/C7H10F7NP2/c1-3-15(4-2)5(8)16-17(6(9,10)11)7(12,13)14/h3-4H2,1-2H3. The van der Waals surface area contributed by atoms with E-state index < -0.39 is 33.0 Å². The van der Waals surface area contributed by atoms with Crippen molar-refractivity contribution < 1.29 is 30.7 Å². The second-order valence-corrected chi connectivity index (χ2v) is 6.80. The maximum Gasteiger partial charge on any atom is 0.422 e. The number of nitrogens with zero attached hydrogens (tertiary/aromatic N) is 1. The van der Waals surface area contributed by atoms with E-state index in [0.29, 0.717) is 0 Å². The summed E-state index contributed by atoms with van der Waals surface area (Å²) in [6, 6.07) is 0. The van der Waals surface area contributed by atoms with Crippen LogP contribution in [-0.2, 0) is 0 Å². The van der Waals surface area contributed by atoms with Gasteiger partial charge in [-0.05, 0) is 7.89 Å². The van der Waals surface area contributed by atoms with Gasteiger partial charge in [0, 0.05) is 13.1 Å². The van der Waals surface area contributed by atoms with Crippen molar-refractivity contribution in [3.05, 3.63) is 0 Å². The van der Waals surface area contributed by atoms with E-state index in [2.05, 4.69) is 0 Å². The predicted octanol–water partition coefficient (Wildman–Crippen LogP) is 4.77. The van der Waals surface area contributed by atoms with Gasteiger partial charge in [0.15, 0.2) is 13.3 Å². The summed E-state index contributed by atoms with van der Waals surface area (Å²) in [5.41, 5.74) is -1.39. The Morgan fingerprint density at radius 3 is 1.59 bits per heavy atom. The largest absolute Gasteiger partial charge is 0.422 e. The Morgan fingerprint density at radius 1 is 1.00 bits per heavy atom. The van der Waals surface area contributed by atoms with Crippen LogP contribution in [0.5, 0.6) is 0 Å². The van der Waals surface area contributed by atoms with E-state index in [1.54, 1.807) is 0 Å². The van der Waals surface area contributed by atoms with E-state index in [9.17, 15) is 30.7 Å². The van der Waals surface area contributed by atoms with E-state index >= 15 is 0 Å². The minimum Gasteiger partial charge on any atom is -0.248 e. The zero-order chi connectivity index (χ0) is 13.9. The smallest absolute Gasteiger partial charge is 0.248 e. The summed E-state index contributed by atoms with van der Waals surface area (Å²) in [6.07, 6.45) is 0. The molecule has 0 spiro atoms. The highest BCUT2D eigenvalue weighted by atomic mass is 32.0. The Hall–Kier alpha value is 0.0700. The molecular formula is C7H10F7NP2. The molecule has 0 saturated carbocycles. The Morgan fingerprint density at radius 2 is 1.35 bits per heavy atom. The molecule has 0 unspecified atom stereocenters. The van der Waals surface area contributed by atoms with Gasteiger partial charge < -0.3 is 0 Å². The molecule has 1 nitrogen and oxygen atoms in total. The highest BCUT2D eigenvalue weighted by molar-refractivity contribution is 8.21. The molecule has 0 aromatic carbocycles. The molecule has 17 heavy (non-hydrogen) atoms. The summed E-state index contributed by atoms with van der Waals surface area (Å²) in [5, 5.41) is 0. The minimum atomic E-state index is -5.44. The number of hydrogen-bond acceptors (Lipinski definition) is 0. The van der Waals surface area contributed by atoms with Crippen LogP contribution in [0.4, 0.5) is 30.7 Å². The van der Waals surface area contributed by atoms with E-state index in [0.717, 1.165) is 4.90 Å². The van der Waals surface area contributed by atoms with Gasteiger partial charge >= 0.3 is 11.8 Å². The van der Waals surface area contributed by atoms with Gasteiger partial charge in [-0.3, -0.25) is 0 Å². The third-order valence-electron chi connectivity index (χ3n) is 1.69. The fourth-order valence-corrected chi connectivity index (χ4v) is 3.53. The topological polar surface area (TPSA) is 3.24 Å². The van der Waals surface area contributed by atoms with Crippen molar-refractivity contribution in [1.29, 1.82) is 0 Å². The van der Waals surface area contributed by atoms with Crippen molar-refractivity contribution >= 4 is 21.2 Å². The molecule has 0 saturated heterocycles. The van der Waals surface area contributed by atoms with Gasteiger partial charge in [0.2, 0.25) is 0 Å². The van der Waals surface area contributed by atoms with Crippen LogP contribution in [0.15, 0.2) is 0 Å². The molecule has 0 aliphatic rings. The molecule has 0 atom stereocenters. The fourth-order valence-electron chi connectivity index (χ4n) is 0.887. The number of halogens is 7. The van der Waals surface area contributed by atoms with Crippen molar-refractivity contribution in [3.8, 4) is 0 Å². The van der Waals surface area contributed by atoms with Crippen LogP contribution in [0.25, 0.3) is 0 Å². The molecule has 0 amide bonds. The molecule has 0 radical (unpaired) electrons. The van der Waals surface area contributed by atoms with E-state index in [1.165, 1.54) is 13.8 Å². The maximum atomic E-state index is 13.2. The summed E-state index contributed by atoms with van der Waals surface area (Å²) in [4.78, 5) is 0.828. The van der Waals surface area contributed by atoms with Gasteiger partial charge in [-0.15, -0.1) is 0 Å². The minimum absolute atomic E-state index is 0.0220. The van der Waals surface area contributed by atoms with Crippen LogP contribution in [0, 0.1) is 0 Å². The molecule has 0 fully saturated rings. The Kier molecular flexibility index (Phi) is 6.33. The first kappa shape index (κ1) is 17.1. The average molecular weight is 303 g/mol. The van der Waals surface area contributed by atoms with Crippen LogP contribution in [0.2, 0.25) is 0 Å². The van der Waals surface area contributed by atoms with Crippen molar-refractivity contribution in [3.63, 3.8) is 0 Å². The van der Waals surface area contributed by atoms with E-state index in [1.807, 2.05) is 0 Å². The first-order chi connectivity index (χ1) is 7.54. The number of alkyl halides is 6. The lowest BCUT2D eigenvalue weighted by Crippen LogP contribution is -2.26. The van der Waals surface area contributed by atoms with Gasteiger partial charge in [0.05, 0.1) is 0 Å². The first-order valence-electron chi connectivity index (χ1n) is 4.46. The molecule has 102 valence electrons. The van der Waals surface area contributed by atoms with Crippen molar-refractivity contribution in [2.75, 3.05) is 13.1 Å². The molecule has 0 heterocycles. The van der Waals surface area contributed by atoms with E-state index in [4.69, 9.17) is 0 Å². The maximum absolute atomic E-state index is 13.2. The Bertz CT molecular complexity index is 254. The zero-order valence-corrected chi connectivity index (χ0v) is 10.7. The quantitative estimate of drug-likeness (QED) is 0.411. The Balaban J connectivity index is 5.18. The molecule has 0 aromatic heterocycles.